The van der Waals surface area contributed by atoms with Crippen LogP contribution in [0.15, 0.2) is 41.7 Å². The second-order valence-electron chi connectivity index (χ2n) is 4.77. The molecule has 0 saturated carbocycles. The third-order valence-electron chi connectivity index (χ3n) is 3.18. The highest BCUT2D eigenvalue weighted by atomic mass is 32.2. The summed E-state index contributed by atoms with van der Waals surface area (Å²) in [6.07, 6.45) is 4.59. The number of nitrogen functional groups attached to an aromatic ring is 1. The minimum absolute atomic E-state index is 0.0278. The highest BCUT2D eigenvalue weighted by molar-refractivity contribution is 7.89. The summed E-state index contributed by atoms with van der Waals surface area (Å²) in [6.45, 7) is 0.184. The van der Waals surface area contributed by atoms with Gasteiger partial charge >= 0.3 is 0 Å². The number of rotatable bonds is 5. The molecule has 9 heteroatoms. The van der Waals surface area contributed by atoms with E-state index in [1.165, 1.54) is 28.2 Å². The number of hydrogen-bond acceptors (Lipinski definition) is 5. The molecule has 0 unspecified atom stereocenters. The van der Waals surface area contributed by atoms with Gasteiger partial charge in [0.1, 0.15) is 10.6 Å². The molecule has 3 N–H and O–H groups in total. The zero-order chi connectivity index (χ0) is 16.3. The Balaban J connectivity index is 2.28. The van der Waals surface area contributed by atoms with E-state index >= 15 is 0 Å². The number of nitrogens with zero attached hydrogens (tertiary/aromatic N) is 3. The van der Waals surface area contributed by atoms with Crippen LogP contribution in [0.25, 0.3) is 0 Å². The Kier molecular flexibility index (Phi) is 4.59. The van der Waals surface area contributed by atoms with Crippen molar-refractivity contribution in [1.29, 1.82) is 0 Å². The molecule has 0 aliphatic rings. The molecule has 22 heavy (non-hydrogen) atoms. The van der Waals surface area contributed by atoms with Crippen LogP contribution < -0.4 is 11.3 Å². The number of nitrogens with one attached hydrogen (secondary N) is 1. The minimum atomic E-state index is -3.72. The molecular formula is C13H17N5O3S. The van der Waals surface area contributed by atoms with Crippen molar-refractivity contribution in [3.63, 3.8) is 0 Å². The van der Waals surface area contributed by atoms with Crippen LogP contribution in [0.2, 0.25) is 0 Å². The summed E-state index contributed by atoms with van der Waals surface area (Å²) in [5.41, 5.74) is 2.91. The lowest BCUT2D eigenvalue weighted by atomic mass is 10.3. The second-order valence-corrected chi connectivity index (χ2v) is 6.81. The monoisotopic (exact) mass is 323 g/mol. The van der Waals surface area contributed by atoms with E-state index in [-0.39, 0.29) is 17.1 Å². The molecule has 0 aromatic carbocycles. The summed E-state index contributed by atoms with van der Waals surface area (Å²) < 4.78 is 27.7. The highest BCUT2D eigenvalue weighted by Gasteiger charge is 2.24. The van der Waals surface area contributed by atoms with Gasteiger partial charge in [-0.15, -0.1) is 0 Å². The molecule has 118 valence electrons. The third kappa shape index (κ3) is 3.16. The first-order chi connectivity index (χ1) is 10.4. The number of carbonyl (C=O) groups is 1. The van der Waals surface area contributed by atoms with Gasteiger partial charge in [-0.25, -0.2) is 14.3 Å². The number of nitrogens with two attached hydrogens (primary N) is 1. The molecule has 2 aromatic heterocycles. The minimum Gasteiger partial charge on any atom is -0.345 e. The molecular weight excluding hydrogens is 306 g/mol. The van der Waals surface area contributed by atoms with E-state index in [1.54, 1.807) is 31.6 Å². The van der Waals surface area contributed by atoms with Crippen LogP contribution in [-0.2, 0) is 23.6 Å². The molecule has 2 heterocycles. The average molecular weight is 323 g/mol. The molecule has 0 aliphatic heterocycles. The van der Waals surface area contributed by atoms with Crippen molar-refractivity contribution in [3.8, 4) is 0 Å². The first-order valence-electron chi connectivity index (χ1n) is 6.39. The maximum absolute atomic E-state index is 12.5. The smallest absolute Gasteiger partial charge is 0.281 e. The Morgan fingerprint density at radius 2 is 2.23 bits per heavy atom. The van der Waals surface area contributed by atoms with Gasteiger partial charge in [0, 0.05) is 39.2 Å². The molecule has 0 bridgehead atoms. The first kappa shape index (κ1) is 16.1. The highest BCUT2D eigenvalue weighted by Crippen LogP contribution is 2.19. The largest absolute Gasteiger partial charge is 0.345 e. The molecule has 2 aromatic rings. The Morgan fingerprint density at radius 3 is 2.82 bits per heavy atom. The summed E-state index contributed by atoms with van der Waals surface area (Å²) in [7, 11) is -0.672. The third-order valence-corrected chi connectivity index (χ3v) is 4.95. The number of pyridine rings is 1. The fourth-order valence-electron chi connectivity index (χ4n) is 1.99. The van der Waals surface area contributed by atoms with E-state index in [1.807, 2.05) is 5.43 Å². The van der Waals surface area contributed by atoms with Gasteiger partial charge in [0.05, 0.1) is 0 Å². The fourth-order valence-corrected chi connectivity index (χ4v) is 3.22. The number of amides is 1. The van der Waals surface area contributed by atoms with Gasteiger partial charge in [-0.2, -0.15) is 4.31 Å². The number of carbonyl (C=O) groups excluding carboxylic acids is 1. The Morgan fingerprint density at radius 1 is 1.50 bits per heavy atom. The van der Waals surface area contributed by atoms with Crippen LogP contribution >= 0.6 is 0 Å². The van der Waals surface area contributed by atoms with Gasteiger partial charge in [-0.1, -0.05) is 6.07 Å². The van der Waals surface area contributed by atoms with Crippen LogP contribution in [0.4, 0.5) is 0 Å². The first-order valence-corrected chi connectivity index (χ1v) is 7.83. The Labute approximate surface area is 128 Å². The quantitative estimate of drug-likeness (QED) is 0.451. The predicted octanol–water partition coefficient (Wildman–Crippen LogP) is -0.156. The summed E-state index contributed by atoms with van der Waals surface area (Å²) >= 11 is 0. The van der Waals surface area contributed by atoms with Crippen molar-refractivity contribution in [3.05, 3.63) is 48.0 Å². The molecule has 0 aliphatic carbocycles. The standard InChI is InChI=1S/C13H17N5O3S/c1-17-9-11(6-12(17)13(19)16-14)22(20,21)18(2)8-10-4-3-5-15-7-10/h3-7,9H,8,14H2,1-2H3,(H,16,19). The summed E-state index contributed by atoms with van der Waals surface area (Å²) in [5.74, 6) is 4.52. The number of aromatic nitrogens is 2. The van der Waals surface area contributed by atoms with Gasteiger partial charge in [0.15, 0.2) is 0 Å². The SMILES string of the molecule is CN(Cc1cccnc1)S(=O)(=O)c1cc(C(=O)NN)n(C)c1. The lowest BCUT2D eigenvalue weighted by Gasteiger charge is -2.15. The zero-order valence-corrected chi connectivity index (χ0v) is 13.0. The normalized spacial score (nSPS) is 11.6. The number of aryl methyl sites for hydroxylation is 1. The molecule has 1 amide bonds. The van der Waals surface area contributed by atoms with Gasteiger partial charge in [0.25, 0.3) is 5.91 Å². The summed E-state index contributed by atoms with van der Waals surface area (Å²) in [6, 6.07) is 4.82. The second kappa shape index (κ2) is 6.26. The van der Waals surface area contributed by atoms with Crippen LogP contribution in [0, 0.1) is 0 Å². The van der Waals surface area contributed by atoms with Crippen molar-refractivity contribution in [2.24, 2.45) is 12.9 Å². The summed E-state index contributed by atoms with van der Waals surface area (Å²) in [5, 5.41) is 0. The van der Waals surface area contributed by atoms with E-state index in [2.05, 4.69) is 4.98 Å². The van der Waals surface area contributed by atoms with Crippen LogP contribution in [0.1, 0.15) is 16.1 Å². The topological polar surface area (TPSA) is 110 Å². The van der Waals surface area contributed by atoms with E-state index < -0.39 is 15.9 Å². The van der Waals surface area contributed by atoms with Gasteiger partial charge in [-0.3, -0.25) is 15.2 Å². The molecule has 2 rings (SSSR count). The zero-order valence-electron chi connectivity index (χ0n) is 12.2. The van der Waals surface area contributed by atoms with Gasteiger partial charge in [-0.05, 0) is 17.7 Å². The summed E-state index contributed by atoms with van der Waals surface area (Å²) in [4.78, 5) is 15.5. The van der Waals surface area contributed by atoms with Crippen molar-refractivity contribution < 1.29 is 13.2 Å². The van der Waals surface area contributed by atoms with Crippen molar-refractivity contribution in [2.75, 3.05) is 7.05 Å². The fraction of sp³-hybridized carbons (Fsp3) is 0.231. The maximum atomic E-state index is 12.5. The maximum Gasteiger partial charge on any atom is 0.281 e. The van der Waals surface area contributed by atoms with Gasteiger partial charge in [0.2, 0.25) is 10.0 Å². The van der Waals surface area contributed by atoms with E-state index in [0.29, 0.717) is 0 Å². The van der Waals surface area contributed by atoms with E-state index in [9.17, 15) is 13.2 Å². The molecule has 8 nitrogen and oxygen atoms in total. The Bertz CT molecular complexity index is 770. The molecule has 0 fully saturated rings. The Hall–Kier alpha value is -2.23. The number of hydrazine groups is 1. The molecule has 0 saturated heterocycles. The molecule has 0 atom stereocenters. The average Bonchev–Trinajstić information content (AvgIpc) is 2.90. The van der Waals surface area contributed by atoms with Crippen LogP contribution in [-0.4, -0.2) is 35.2 Å². The van der Waals surface area contributed by atoms with E-state index in [4.69, 9.17) is 5.84 Å². The number of hydrogen-bond donors (Lipinski definition) is 2. The number of sulfonamides is 1. The van der Waals surface area contributed by atoms with Crippen LogP contribution in [0.3, 0.4) is 0 Å². The van der Waals surface area contributed by atoms with Crippen molar-refractivity contribution in [1.82, 2.24) is 19.3 Å². The predicted molar refractivity (Wildman–Crippen MR) is 80.0 cm³/mol. The van der Waals surface area contributed by atoms with Crippen LogP contribution in [0.5, 0.6) is 0 Å². The molecule has 0 radical (unpaired) electrons. The van der Waals surface area contributed by atoms with Crippen molar-refractivity contribution in [2.45, 2.75) is 11.4 Å². The molecule has 0 spiro atoms. The van der Waals surface area contributed by atoms with Crippen molar-refractivity contribution >= 4 is 15.9 Å². The van der Waals surface area contributed by atoms with E-state index in [0.717, 1.165) is 5.56 Å². The van der Waals surface area contributed by atoms with Gasteiger partial charge < -0.3 is 4.57 Å². The lowest BCUT2D eigenvalue weighted by Crippen LogP contribution is -2.31. The lowest BCUT2D eigenvalue weighted by molar-refractivity contribution is 0.0945.